The molecule has 2 aromatic heterocycles. The highest BCUT2D eigenvalue weighted by molar-refractivity contribution is 6.20. The molecule has 2 aromatic carbocycles. The van der Waals surface area contributed by atoms with Crippen LogP contribution in [0.4, 0.5) is 0 Å². The van der Waals surface area contributed by atoms with Crippen molar-refractivity contribution in [3.63, 3.8) is 0 Å². The molecule has 5 rings (SSSR count). The Morgan fingerprint density at radius 3 is 2.83 bits per heavy atom. The second kappa shape index (κ2) is 7.54. The number of rotatable bonds is 5. The first-order valence-electron chi connectivity index (χ1n) is 10.3. The molecule has 0 amide bonds. The monoisotopic (exact) mass is 391 g/mol. The number of nitrogens with one attached hydrogen (secondary N) is 2. The first-order valence-corrected chi connectivity index (χ1v) is 10.3. The minimum Gasteiger partial charge on any atom is -0.492 e. The molecule has 3 heterocycles. The van der Waals surface area contributed by atoms with E-state index < -0.39 is 0 Å². The lowest BCUT2D eigenvalue weighted by Crippen LogP contribution is -2.38. The van der Waals surface area contributed by atoms with E-state index in [1.54, 1.807) is 0 Å². The largest absolute Gasteiger partial charge is 0.492 e. The Hall–Kier alpha value is -2.83. The number of fused-ring (bicyclic) bond motifs is 5. The number of morpholine rings is 1. The van der Waals surface area contributed by atoms with Crippen molar-refractivity contribution >= 4 is 32.6 Å². The van der Waals surface area contributed by atoms with E-state index in [1.807, 2.05) is 18.3 Å². The van der Waals surface area contributed by atoms with Crippen LogP contribution >= 0.6 is 0 Å². The van der Waals surface area contributed by atoms with E-state index in [1.165, 1.54) is 0 Å². The summed E-state index contributed by atoms with van der Waals surface area (Å²) in [7, 11) is 0. The third-order valence-electron chi connectivity index (χ3n) is 5.84. The van der Waals surface area contributed by atoms with Crippen LogP contribution in [0.3, 0.4) is 0 Å². The van der Waals surface area contributed by atoms with E-state index in [0.717, 1.165) is 83.2 Å². The lowest BCUT2D eigenvalue weighted by atomic mass is 10.0. The summed E-state index contributed by atoms with van der Waals surface area (Å²) in [5.41, 5.74) is 2.98. The number of benzene rings is 2. The minimum absolute atomic E-state index is 0.0539. The van der Waals surface area contributed by atoms with E-state index in [2.05, 4.69) is 40.0 Å². The number of ether oxygens (including phenoxy) is 2. The van der Waals surface area contributed by atoms with Gasteiger partial charge in [0.2, 0.25) is 0 Å². The summed E-state index contributed by atoms with van der Waals surface area (Å²) < 4.78 is 11.4. The average molecular weight is 391 g/mol. The molecule has 0 spiro atoms. The van der Waals surface area contributed by atoms with Gasteiger partial charge in [-0.25, -0.2) is 0 Å². The molecular formula is C23H25N3O3. The van der Waals surface area contributed by atoms with Crippen LogP contribution in [0.25, 0.3) is 32.6 Å². The van der Waals surface area contributed by atoms with Crippen molar-refractivity contribution in [3.05, 3.63) is 52.4 Å². The highest BCUT2D eigenvalue weighted by Gasteiger charge is 2.14. The van der Waals surface area contributed by atoms with Crippen molar-refractivity contribution in [2.24, 2.45) is 0 Å². The van der Waals surface area contributed by atoms with Crippen molar-refractivity contribution in [1.29, 1.82) is 0 Å². The van der Waals surface area contributed by atoms with Crippen LogP contribution in [0.15, 0.2) is 41.3 Å². The fraction of sp³-hybridized carbons (Fsp3) is 0.348. The van der Waals surface area contributed by atoms with Crippen LogP contribution < -0.4 is 10.3 Å². The van der Waals surface area contributed by atoms with E-state index >= 15 is 0 Å². The Bertz CT molecular complexity index is 1240. The SMILES string of the molecule is CCc1c[nH]c(=O)c2c1[nH]c1ccc3cc(OCCN4CCOCC4)ccc3c12. The Kier molecular flexibility index (Phi) is 4.73. The summed E-state index contributed by atoms with van der Waals surface area (Å²) in [5.74, 6) is 0.855. The molecule has 0 unspecified atom stereocenters. The molecule has 1 fully saturated rings. The Morgan fingerprint density at radius 2 is 2.00 bits per heavy atom. The van der Waals surface area contributed by atoms with Crippen molar-refractivity contribution in [2.75, 3.05) is 39.5 Å². The van der Waals surface area contributed by atoms with Crippen LogP contribution in [0.2, 0.25) is 0 Å². The molecule has 1 aliphatic rings. The Labute approximate surface area is 168 Å². The number of hydrogen-bond donors (Lipinski definition) is 2. The number of H-pyrrole nitrogens is 2. The minimum atomic E-state index is -0.0539. The topological polar surface area (TPSA) is 70.3 Å². The molecule has 150 valence electrons. The van der Waals surface area contributed by atoms with Crippen LogP contribution in [0.5, 0.6) is 5.75 Å². The van der Waals surface area contributed by atoms with E-state index in [-0.39, 0.29) is 5.56 Å². The summed E-state index contributed by atoms with van der Waals surface area (Å²) in [6.07, 6.45) is 2.67. The van der Waals surface area contributed by atoms with Crippen molar-refractivity contribution in [3.8, 4) is 5.75 Å². The molecule has 6 heteroatoms. The lowest BCUT2D eigenvalue weighted by molar-refractivity contribution is 0.0322. The Balaban J connectivity index is 1.49. The number of hydrogen-bond acceptors (Lipinski definition) is 4. The molecule has 6 nitrogen and oxygen atoms in total. The van der Waals surface area contributed by atoms with Gasteiger partial charge in [0.1, 0.15) is 12.4 Å². The van der Waals surface area contributed by atoms with Crippen LogP contribution in [0.1, 0.15) is 12.5 Å². The summed E-state index contributed by atoms with van der Waals surface area (Å²) in [6.45, 7) is 7.18. The summed E-state index contributed by atoms with van der Waals surface area (Å²) in [6, 6.07) is 10.3. The molecule has 1 aliphatic heterocycles. The smallest absolute Gasteiger partial charge is 0.258 e. The molecule has 29 heavy (non-hydrogen) atoms. The second-order valence-corrected chi connectivity index (χ2v) is 7.55. The Morgan fingerprint density at radius 1 is 1.14 bits per heavy atom. The van der Waals surface area contributed by atoms with Gasteiger partial charge in [0, 0.05) is 36.7 Å². The number of aromatic nitrogens is 2. The van der Waals surface area contributed by atoms with Crippen molar-refractivity contribution < 1.29 is 9.47 Å². The summed E-state index contributed by atoms with van der Waals surface area (Å²) in [5, 5.41) is 3.86. The number of aryl methyl sites for hydroxylation is 1. The standard InChI is InChI=1S/C23H25N3O3/c1-2-15-14-24-23(27)21-20-18-5-4-17(29-12-9-26-7-10-28-11-8-26)13-16(18)3-6-19(20)25-22(15)21/h3-6,13-14,25H,2,7-12H2,1H3,(H,24,27). The lowest BCUT2D eigenvalue weighted by Gasteiger charge is -2.26. The maximum absolute atomic E-state index is 12.6. The molecule has 0 atom stereocenters. The van der Waals surface area contributed by atoms with Gasteiger partial charge in [-0.2, -0.15) is 0 Å². The van der Waals surface area contributed by atoms with Gasteiger partial charge in [-0.15, -0.1) is 0 Å². The zero-order chi connectivity index (χ0) is 19.8. The number of pyridine rings is 1. The highest BCUT2D eigenvalue weighted by Crippen LogP contribution is 2.33. The normalized spacial score (nSPS) is 15.5. The third kappa shape index (κ3) is 3.28. The molecular weight excluding hydrogens is 366 g/mol. The predicted molar refractivity (Wildman–Crippen MR) is 116 cm³/mol. The van der Waals surface area contributed by atoms with E-state index in [0.29, 0.717) is 6.61 Å². The molecule has 0 bridgehead atoms. The molecule has 0 aliphatic carbocycles. The molecule has 2 N–H and O–H groups in total. The van der Waals surface area contributed by atoms with Gasteiger partial charge in [-0.3, -0.25) is 9.69 Å². The van der Waals surface area contributed by atoms with Gasteiger partial charge in [0.25, 0.3) is 5.56 Å². The van der Waals surface area contributed by atoms with Crippen molar-refractivity contribution in [1.82, 2.24) is 14.9 Å². The van der Waals surface area contributed by atoms with Gasteiger partial charge >= 0.3 is 0 Å². The fourth-order valence-electron chi connectivity index (χ4n) is 4.25. The van der Waals surface area contributed by atoms with Crippen molar-refractivity contribution in [2.45, 2.75) is 13.3 Å². The zero-order valence-electron chi connectivity index (χ0n) is 16.6. The summed E-state index contributed by atoms with van der Waals surface area (Å²) in [4.78, 5) is 21.3. The fourth-order valence-corrected chi connectivity index (χ4v) is 4.25. The van der Waals surface area contributed by atoms with E-state index in [9.17, 15) is 4.79 Å². The molecule has 0 radical (unpaired) electrons. The van der Waals surface area contributed by atoms with Gasteiger partial charge in [0.05, 0.1) is 24.1 Å². The quantitative estimate of drug-likeness (QED) is 0.547. The molecule has 1 saturated heterocycles. The first-order chi connectivity index (χ1) is 14.2. The maximum atomic E-state index is 12.6. The van der Waals surface area contributed by atoms with Crippen LogP contribution in [-0.4, -0.2) is 54.3 Å². The van der Waals surface area contributed by atoms with Gasteiger partial charge in [-0.1, -0.05) is 13.0 Å². The predicted octanol–water partition coefficient (Wildman–Crippen LogP) is 3.44. The maximum Gasteiger partial charge on any atom is 0.258 e. The van der Waals surface area contributed by atoms with Gasteiger partial charge in [-0.05, 0) is 47.0 Å². The van der Waals surface area contributed by atoms with Crippen LogP contribution in [-0.2, 0) is 11.2 Å². The van der Waals surface area contributed by atoms with Gasteiger partial charge in [0.15, 0.2) is 0 Å². The van der Waals surface area contributed by atoms with Gasteiger partial charge < -0.3 is 19.4 Å². The second-order valence-electron chi connectivity index (χ2n) is 7.55. The summed E-state index contributed by atoms with van der Waals surface area (Å²) >= 11 is 0. The van der Waals surface area contributed by atoms with Crippen LogP contribution in [0, 0.1) is 0 Å². The molecule has 4 aromatic rings. The number of nitrogens with zero attached hydrogens (tertiary/aromatic N) is 1. The molecule has 0 saturated carbocycles. The number of aromatic amines is 2. The zero-order valence-corrected chi connectivity index (χ0v) is 16.6. The highest BCUT2D eigenvalue weighted by atomic mass is 16.5. The third-order valence-corrected chi connectivity index (χ3v) is 5.84. The first kappa shape index (κ1) is 18.2. The van der Waals surface area contributed by atoms with E-state index in [4.69, 9.17) is 9.47 Å². The average Bonchev–Trinajstić information content (AvgIpc) is 3.15.